The monoisotopic (exact) mass is 280 g/mol. The van der Waals surface area contributed by atoms with E-state index in [0.29, 0.717) is 5.41 Å². The van der Waals surface area contributed by atoms with E-state index in [1.54, 1.807) is 0 Å². The lowest BCUT2D eigenvalue weighted by molar-refractivity contribution is 0.0902. The molecule has 118 valence electrons. The largest absolute Gasteiger partial charge is 0.311 e. The van der Waals surface area contributed by atoms with Crippen molar-refractivity contribution in [2.75, 3.05) is 19.6 Å². The summed E-state index contributed by atoms with van der Waals surface area (Å²) < 4.78 is 0. The van der Waals surface area contributed by atoms with Gasteiger partial charge in [-0.15, -0.1) is 0 Å². The summed E-state index contributed by atoms with van der Waals surface area (Å²) in [6, 6.07) is 0.920. The van der Waals surface area contributed by atoms with Crippen molar-refractivity contribution in [1.82, 2.24) is 10.2 Å². The number of nitrogens with one attached hydrogen (secondary N) is 1. The summed E-state index contributed by atoms with van der Waals surface area (Å²) in [5.74, 6) is 0. The van der Waals surface area contributed by atoms with Gasteiger partial charge in [-0.1, -0.05) is 26.2 Å². The van der Waals surface area contributed by atoms with E-state index in [1.165, 1.54) is 71.0 Å². The minimum Gasteiger partial charge on any atom is -0.311 e. The molecule has 0 aliphatic heterocycles. The summed E-state index contributed by atoms with van der Waals surface area (Å²) in [7, 11) is 0. The van der Waals surface area contributed by atoms with Crippen LogP contribution in [0.15, 0.2) is 0 Å². The molecule has 0 amide bonds. The summed E-state index contributed by atoms with van der Waals surface area (Å²) in [6.07, 6.45) is 11.4. The van der Waals surface area contributed by atoms with Crippen LogP contribution in [0, 0.1) is 5.41 Å². The smallest absolute Gasteiger partial charge is 0.00967 e. The van der Waals surface area contributed by atoms with Crippen molar-refractivity contribution in [3.05, 3.63) is 0 Å². The molecule has 0 spiro atoms. The van der Waals surface area contributed by atoms with Crippen LogP contribution in [0.25, 0.3) is 0 Å². The Kier molecular flexibility index (Phi) is 5.53. The Morgan fingerprint density at radius 2 is 1.75 bits per heavy atom. The van der Waals surface area contributed by atoms with Crippen LogP contribution in [0.2, 0.25) is 0 Å². The van der Waals surface area contributed by atoms with E-state index in [0.717, 1.165) is 6.04 Å². The van der Waals surface area contributed by atoms with Gasteiger partial charge in [0, 0.05) is 24.7 Å². The van der Waals surface area contributed by atoms with Gasteiger partial charge in [0.25, 0.3) is 0 Å². The molecule has 20 heavy (non-hydrogen) atoms. The quantitative estimate of drug-likeness (QED) is 0.752. The molecule has 2 nitrogen and oxygen atoms in total. The van der Waals surface area contributed by atoms with Gasteiger partial charge in [0.1, 0.15) is 0 Å². The Hall–Kier alpha value is -0.0800. The van der Waals surface area contributed by atoms with Crippen LogP contribution in [0.4, 0.5) is 0 Å². The molecule has 2 aliphatic rings. The predicted molar refractivity (Wildman–Crippen MR) is 88.2 cm³/mol. The Balaban J connectivity index is 1.97. The fraction of sp³-hybridized carbons (Fsp3) is 1.00. The van der Waals surface area contributed by atoms with Crippen LogP contribution >= 0.6 is 0 Å². The number of rotatable bonds is 7. The topological polar surface area (TPSA) is 15.3 Å². The molecular formula is C18H36N2. The zero-order valence-electron chi connectivity index (χ0n) is 14.3. The Bertz CT molecular complexity index is 282. The van der Waals surface area contributed by atoms with Crippen LogP contribution in [0.1, 0.15) is 79.1 Å². The third kappa shape index (κ3) is 5.04. The van der Waals surface area contributed by atoms with E-state index in [4.69, 9.17) is 0 Å². The highest BCUT2D eigenvalue weighted by molar-refractivity contribution is 4.94. The van der Waals surface area contributed by atoms with Crippen molar-refractivity contribution in [1.29, 1.82) is 0 Å². The summed E-state index contributed by atoms with van der Waals surface area (Å²) in [4.78, 5) is 2.82. The SMILES string of the molecule is CCCN(CC1(CNC(C)(C)C)CCCCC1)C1CC1. The van der Waals surface area contributed by atoms with Gasteiger partial charge in [-0.2, -0.15) is 0 Å². The summed E-state index contributed by atoms with van der Waals surface area (Å²) in [5, 5.41) is 3.81. The van der Waals surface area contributed by atoms with Crippen molar-refractivity contribution >= 4 is 0 Å². The maximum Gasteiger partial charge on any atom is 0.00967 e. The Labute approximate surface area is 126 Å². The highest BCUT2D eigenvalue weighted by atomic mass is 15.2. The third-order valence-electron chi connectivity index (χ3n) is 5.02. The Morgan fingerprint density at radius 3 is 2.25 bits per heavy atom. The van der Waals surface area contributed by atoms with Crippen molar-refractivity contribution in [3.8, 4) is 0 Å². The molecule has 0 unspecified atom stereocenters. The van der Waals surface area contributed by atoms with Crippen LogP contribution in [-0.2, 0) is 0 Å². The predicted octanol–water partition coefficient (Wildman–Crippen LogP) is 4.20. The molecule has 0 heterocycles. The third-order valence-corrected chi connectivity index (χ3v) is 5.02. The minimum atomic E-state index is 0.250. The van der Waals surface area contributed by atoms with E-state index in [1.807, 2.05) is 0 Å². The van der Waals surface area contributed by atoms with E-state index in [-0.39, 0.29) is 5.54 Å². The standard InChI is InChI=1S/C18H36N2/c1-5-13-20(16-9-10-16)15-18(11-7-6-8-12-18)14-19-17(2,3)4/h16,19H,5-15H2,1-4H3. The highest BCUT2D eigenvalue weighted by Gasteiger charge is 2.38. The zero-order valence-corrected chi connectivity index (χ0v) is 14.3. The minimum absolute atomic E-state index is 0.250. The summed E-state index contributed by atoms with van der Waals surface area (Å²) >= 11 is 0. The molecule has 0 radical (unpaired) electrons. The van der Waals surface area contributed by atoms with Gasteiger partial charge in [0.05, 0.1) is 0 Å². The van der Waals surface area contributed by atoms with Crippen LogP contribution in [0.5, 0.6) is 0 Å². The number of hydrogen-bond acceptors (Lipinski definition) is 2. The maximum atomic E-state index is 3.81. The van der Waals surface area contributed by atoms with E-state index >= 15 is 0 Å². The first-order valence-corrected chi connectivity index (χ1v) is 8.93. The Morgan fingerprint density at radius 1 is 1.10 bits per heavy atom. The normalized spacial score (nSPS) is 23.2. The molecule has 0 bridgehead atoms. The van der Waals surface area contributed by atoms with Crippen LogP contribution < -0.4 is 5.32 Å². The van der Waals surface area contributed by atoms with E-state index < -0.39 is 0 Å². The maximum absolute atomic E-state index is 3.81. The second-order valence-electron chi connectivity index (χ2n) is 8.37. The van der Waals surface area contributed by atoms with Gasteiger partial charge in [-0.05, 0) is 64.8 Å². The second kappa shape index (κ2) is 6.79. The first-order valence-electron chi connectivity index (χ1n) is 8.93. The van der Waals surface area contributed by atoms with Gasteiger partial charge in [0.15, 0.2) is 0 Å². The molecule has 2 aliphatic carbocycles. The van der Waals surface area contributed by atoms with Crippen LogP contribution in [0.3, 0.4) is 0 Å². The van der Waals surface area contributed by atoms with Crippen molar-refractivity contribution < 1.29 is 0 Å². The molecule has 2 fully saturated rings. The summed E-state index contributed by atoms with van der Waals surface area (Å²) in [5.41, 5.74) is 0.795. The zero-order chi connectivity index (χ0) is 14.6. The lowest BCUT2D eigenvalue weighted by Crippen LogP contribution is -2.50. The molecule has 0 saturated heterocycles. The van der Waals surface area contributed by atoms with Crippen LogP contribution in [-0.4, -0.2) is 36.1 Å². The van der Waals surface area contributed by atoms with Gasteiger partial charge in [-0.25, -0.2) is 0 Å². The fourth-order valence-electron chi connectivity index (χ4n) is 3.69. The molecule has 1 N–H and O–H groups in total. The average molecular weight is 280 g/mol. The second-order valence-corrected chi connectivity index (χ2v) is 8.37. The van der Waals surface area contributed by atoms with Crippen molar-refractivity contribution in [2.45, 2.75) is 90.6 Å². The molecule has 2 rings (SSSR count). The molecule has 2 heteroatoms. The number of hydrogen-bond donors (Lipinski definition) is 1. The number of nitrogens with zero attached hydrogens (tertiary/aromatic N) is 1. The molecule has 0 aromatic heterocycles. The molecule has 0 aromatic carbocycles. The van der Waals surface area contributed by atoms with Crippen molar-refractivity contribution in [2.24, 2.45) is 5.41 Å². The molecule has 2 saturated carbocycles. The van der Waals surface area contributed by atoms with Gasteiger partial charge in [-0.3, -0.25) is 4.90 Å². The van der Waals surface area contributed by atoms with E-state index in [2.05, 4.69) is 37.9 Å². The van der Waals surface area contributed by atoms with Gasteiger partial charge in [0.2, 0.25) is 0 Å². The molecular weight excluding hydrogens is 244 g/mol. The van der Waals surface area contributed by atoms with Crippen molar-refractivity contribution in [3.63, 3.8) is 0 Å². The lowest BCUT2D eigenvalue weighted by Gasteiger charge is -2.43. The first-order chi connectivity index (χ1) is 9.44. The lowest BCUT2D eigenvalue weighted by atomic mass is 9.73. The first kappa shape index (κ1) is 16.3. The van der Waals surface area contributed by atoms with E-state index in [9.17, 15) is 0 Å². The van der Waals surface area contributed by atoms with Gasteiger partial charge < -0.3 is 5.32 Å². The average Bonchev–Trinajstić information content (AvgIpc) is 3.21. The molecule has 0 atom stereocenters. The fourth-order valence-corrected chi connectivity index (χ4v) is 3.69. The van der Waals surface area contributed by atoms with Gasteiger partial charge >= 0.3 is 0 Å². The highest BCUT2D eigenvalue weighted by Crippen LogP contribution is 2.39. The summed E-state index contributed by atoms with van der Waals surface area (Å²) in [6.45, 7) is 13.1. The molecule has 0 aromatic rings.